The number of benzene rings is 1. The molecule has 1 aromatic carbocycles. The van der Waals surface area contributed by atoms with Gasteiger partial charge in [0.25, 0.3) is 5.91 Å². The smallest absolute Gasteiger partial charge is 0.269 e. The molecule has 0 aliphatic heterocycles. The van der Waals surface area contributed by atoms with Crippen molar-refractivity contribution in [2.24, 2.45) is 7.05 Å². The summed E-state index contributed by atoms with van der Waals surface area (Å²) in [7, 11) is 1.90. The van der Waals surface area contributed by atoms with Gasteiger partial charge in [0.05, 0.1) is 11.4 Å². The van der Waals surface area contributed by atoms with Gasteiger partial charge in [0.1, 0.15) is 5.69 Å². The molecule has 0 bridgehead atoms. The fraction of sp³-hybridized carbons (Fsp3) is 0.381. The van der Waals surface area contributed by atoms with Gasteiger partial charge in [-0.25, -0.2) is 0 Å². The third-order valence-corrected chi connectivity index (χ3v) is 5.00. The van der Waals surface area contributed by atoms with E-state index in [4.69, 9.17) is 0 Å². The van der Waals surface area contributed by atoms with Crippen LogP contribution in [0.4, 0.5) is 5.69 Å². The van der Waals surface area contributed by atoms with Gasteiger partial charge in [-0.2, -0.15) is 10.2 Å². The number of aryl methyl sites for hydroxylation is 3. The van der Waals surface area contributed by atoms with E-state index < -0.39 is 0 Å². The Hall–Kier alpha value is -3.09. The summed E-state index contributed by atoms with van der Waals surface area (Å²) in [5, 5.41) is 14.5. The van der Waals surface area contributed by atoms with E-state index in [1.54, 1.807) is 6.07 Å². The zero-order chi connectivity index (χ0) is 20.3. The van der Waals surface area contributed by atoms with E-state index in [1.165, 1.54) is 11.3 Å². The molecule has 0 aliphatic carbocycles. The first-order valence-corrected chi connectivity index (χ1v) is 9.56. The minimum Gasteiger partial charge on any atom is -0.370 e. The van der Waals surface area contributed by atoms with Crippen molar-refractivity contribution in [3.05, 3.63) is 53.0 Å². The molecule has 0 aliphatic rings. The van der Waals surface area contributed by atoms with Crippen LogP contribution in [-0.4, -0.2) is 45.5 Å². The Morgan fingerprint density at radius 2 is 2.04 bits per heavy atom. The zero-order valence-corrected chi connectivity index (χ0v) is 17.2. The number of carbonyl (C=O) groups excluding carboxylic acids is 1. The van der Waals surface area contributed by atoms with Crippen molar-refractivity contribution in [3.63, 3.8) is 0 Å². The number of rotatable bonds is 7. The van der Waals surface area contributed by atoms with Crippen LogP contribution in [0.5, 0.6) is 0 Å². The minimum atomic E-state index is -0.154. The molecule has 0 spiro atoms. The summed E-state index contributed by atoms with van der Waals surface area (Å²) in [6.07, 6.45) is 0. The van der Waals surface area contributed by atoms with Crippen molar-refractivity contribution in [2.75, 3.05) is 24.5 Å². The van der Waals surface area contributed by atoms with Crippen LogP contribution in [0.15, 0.2) is 30.3 Å². The maximum absolute atomic E-state index is 12.5. The molecule has 0 saturated heterocycles. The van der Waals surface area contributed by atoms with Crippen molar-refractivity contribution < 1.29 is 4.79 Å². The van der Waals surface area contributed by atoms with Gasteiger partial charge in [0, 0.05) is 43.6 Å². The van der Waals surface area contributed by atoms with Crippen LogP contribution in [0.3, 0.4) is 0 Å². The second-order valence-corrected chi connectivity index (χ2v) is 7.01. The van der Waals surface area contributed by atoms with Crippen molar-refractivity contribution >= 4 is 11.6 Å². The molecule has 0 saturated carbocycles. The van der Waals surface area contributed by atoms with Crippen molar-refractivity contribution in [1.82, 2.24) is 25.3 Å². The number of H-pyrrole nitrogens is 1. The third-order valence-electron chi connectivity index (χ3n) is 5.00. The Morgan fingerprint density at radius 3 is 2.68 bits per heavy atom. The largest absolute Gasteiger partial charge is 0.370 e. The topological polar surface area (TPSA) is 78.8 Å². The summed E-state index contributed by atoms with van der Waals surface area (Å²) >= 11 is 0. The Kier molecular flexibility index (Phi) is 5.82. The molecule has 28 heavy (non-hydrogen) atoms. The number of hydrogen-bond acceptors (Lipinski definition) is 4. The maximum Gasteiger partial charge on any atom is 0.269 e. The van der Waals surface area contributed by atoms with E-state index in [2.05, 4.69) is 63.6 Å². The van der Waals surface area contributed by atoms with Crippen LogP contribution in [0, 0.1) is 20.8 Å². The molecule has 2 aromatic heterocycles. The first-order chi connectivity index (χ1) is 13.4. The van der Waals surface area contributed by atoms with Crippen LogP contribution < -0.4 is 10.2 Å². The number of hydrogen-bond donors (Lipinski definition) is 2. The highest BCUT2D eigenvalue weighted by molar-refractivity contribution is 5.93. The van der Waals surface area contributed by atoms with Crippen LogP contribution in [0.25, 0.3) is 11.3 Å². The van der Waals surface area contributed by atoms with Gasteiger partial charge in [0.15, 0.2) is 0 Å². The third kappa shape index (κ3) is 4.08. The average molecular weight is 380 g/mol. The number of carbonyl (C=O) groups is 1. The van der Waals surface area contributed by atoms with E-state index in [0.29, 0.717) is 12.2 Å². The second kappa shape index (κ2) is 8.29. The number of nitrogens with zero attached hydrogens (tertiary/aromatic N) is 4. The highest BCUT2D eigenvalue weighted by Gasteiger charge is 2.17. The van der Waals surface area contributed by atoms with Crippen LogP contribution in [-0.2, 0) is 7.05 Å². The standard InChI is InChI=1S/C21H28N6O/c1-6-27(17-9-7-8-14(2)12-17)11-10-22-21(28)19-13-18(23-24-19)20-15(3)25-26(5)16(20)4/h7-9,12-13H,6,10-11H2,1-5H3,(H,22,28)(H,23,24). The molecular formula is C21H28N6O. The molecule has 0 atom stereocenters. The highest BCUT2D eigenvalue weighted by Crippen LogP contribution is 2.25. The van der Waals surface area contributed by atoms with E-state index in [9.17, 15) is 4.79 Å². The molecule has 2 N–H and O–H groups in total. The van der Waals surface area contributed by atoms with Crippen LogP contribution >= 0.6 is 0 Å². The lowest BCUT2D eigenvalue weighted by molar-refractivity contribution is 0.0949. The molecule has 1 amide bonds. The zero-order valence-electron chi connectivity index (χ0n) is 17.2. The van der Waals surface area contributed by atoms with Gasteiger partial charge >= 0.3 is 0 Å². The number of anilines is 1. The fourth-order valence-electron chi connectivity index (χ4n) is 3.40. The normalized spacial score (nSPS) is 10.9. The molecule has 3 rings (SSSR count). The molecule has 7 nitrogen and oxygen atoms in total. The Labute approximate surface area is 165 Å². The van der Waals surface area contributed by atoms with Gasteiger partial charge in [-0.3, -0.25) is 14.6 Å². The first kappa shape index (κ1) is 19.7. The predicted molar refractivity (Wildman–Crippen MR) is 112 cm³/mol. The maximum atomic E-state index is 12.5. The lowest BCUT2D eigenvalue weighted by atomic mass is 10.1. The van der Waals surface area contributed by atoms with E-state index >= 15 is 0 Å². The number of likely N-dealkylation sites (N-methyl/N-ethyl adjacent to an activating group) is 1. The lowest BCUT2D eigenvalue weighted by Crippen LogP contribution is -2.35. The molecule has 3 aromatic rings. The van der Waals surface area contributed by atoms with E-state index in [-0.39, 0.29) is 5.91 Å². The summed E-state index contributed by atoms with van der Waals surface area (Å²) in [5.74, 6) is -0.154. The number of aromatic nitrogens is 4. The number of aromatic amines is 1. The van der Waals surface area contributed by atoms with Crippen LogP contribution in [0.2, 0.25) is 0 Å². The Morgan fingerprint density at radius 1 is 1.25 bits per heavy atom. The van der Waals surface area contributed by atoms with Gasteiger partial charge in [-0.05, 0) is 51.5 Å². The van der Waals surface area contributed by atoms with Gasteiger partial charge < -0.3 is 10.2 Å². The quantitative estimate of drug-likeness (QED) is 0.660. The lowest BCUT2D eigenvalue weighted by Gasteiger charge is -2.23. The SMILES string of the molecule is CCN(CCNC(=O)c1cc(-c2c(C)nn(C)c2C)n[nH]1)c1cccc(C)c1. The number of nitrogens with one attached hydrogen (secondary N) is 2. The van der Waals surface area contributed by atoms with Crippen molar-refractivity contribution in [1.29, 1.82) is 0 Å². The van der Waals surface area contributed by atoms with Crippen molar-refractivity contribution in [2.45, 2.75) is 27.7 Å². The van der Waals surface area contributed by atoms with Gasteiger partial charge in [0.2, 0.25) is 0 Å². The summed E-state index contributed by atoms with van der Waals surface area (Å²) in [6, 6.07) is 10.2. The summed E-state index contributed by atoms with van der Waals surface area (Å²) in [6.45, 7) is 10.3. The molecule has 7 heteroatoms. The molecule has 0 unspecified atom stereocenters. The molecular weight excluding hydrogens is 352 g/mol. The van der Waals surface area contributed by atoms with E-state index in [0.717, 1.165) is 35.7 Å². The average Bonchev–Trinajstić information content (AvgIpc) is 3.23. The second-order valence-electron chi connectivity index (χ2n) is 7.01. The van der Waals surface area contributed by atoms with E-state index in [1.807, 2.05) is 25.6 Å². The fourth-order valence-corrected chi connectivity index (χ4v) is 3.40. The van der Waals surface area contributed by atoms with Crippen molar-refractivity contribution in [3.8, 4) is 11.3 Å². The molecule has 0 fully saturated rings. The first-order valence-electron chi connectivity index (χ1n) is 9.56. The monoisotopic (exact) mass is 380 g/mol. The minimum absolute atomic E-state index is 0.154. The molecule has 148 valence electrons. The summed E-state index contributed by atoms with van der Waals surface area (Å²) < 4.78 is 1.82. The Balaban J connectivity index is 1.62. The molecule has 2 heterocycles. The summed E-state index contributed by atoms with van der Waals surface area (Å²) in [4.78, 5) is 14.7. The van der Waals surface area contributed by atoms with Crippen LogP contribution in [0.1, 0.15) is 34.4 Å². The summed E-state index contributed by atoms with van der Waals surface area (Å²) in [5.41, 5.74) is 6.48. The van der Waals surface area contributed by atoms with Gasteiger partial charge in [-0.15, -0.1) is 0 Å². The molecule has 0 radical (unpaired) electrons. The number of amides is 1. The predicted octanol–water partition coefficient (Wildman–Crippen LogP) is 2.99. The highest BCUT2D eigenvalue weighted by atomic mass is 16.1. The Bertz CT molecular complexity index is 971. The van der Waals surface area contributed by atoms with Gasteiger partial charge in [-0.1, -0.05) is 12.1 Å².